The van der Waals surface area contributed by atoms with Gasteiger partial charge < -0.3 is 25.4 Å². The molecule has 0 saturated heterocycles. The third-order valence-electron chi connectivity index (χ3n) is 5.03. The van der Waals surface area contributed by atoms with Gasteiger partial charge in [0.25, 0.3) is 5.91 Å². The third kappa shape index (κ3) is 5.01. The van der Waals surface area contributed by atoms with Crippen LogP contribution < -0.4 is 10.6 Å². The summed E-state index contributed by atoms with van der Waals surface area (Å²) in [5.74, 6) is -0.947. The summed E-state index contributed by atoms with van der Waals surface area (Å²) in [4.78, 5) is 42.9. The molecule has 34 heavy (non-hydrogen) atoms. The Morgan fingerprint density at radius 2 is 1.97 bits per heavy atom. The fraction of sp³-hybridized carbons (Fsp3) is 0.182. The maximum Gasteiger partial charge on any atom is 0.405 e. The second kappa shape index (κ2) is 9.40. The van der Waals surface area contributed by atoms with Crippen molar-refractivity contribution in [1.29, 1.82) is 0 Å². The van der Waals surface area contributed by atoms with Gasteiger partial charge in [-0.05, 0) is 36.6 Å². The number of aliphatic carboxylic acids is 1. The number of amides is 2. The van der Waals surface area contributed by atoms with Crippen LogP contribution in [-0.4, -0.2) is 47.7 Å². The lowest BCUT2D eigenvalue weighted by Gasteiger charge is -2.10. The van der Waals surface area contributed by atoms with E-state index in [4.69, 9.17) is 14.7 Å². The van der Waals surface area contributed by atoms with Gasteiger partial charge >= 0.3 is 12.1 Å². The monoisotopic (exact) mass is 464 g/mol. The van der Waals surface area contributed by atoms with Crippen LogP contribution in [0.5, 0.6) is 0 Å². The molecule has 3 aromatic heterocycles. The van der Waals surface area contributed by atoms with E-state index in [0.29, 0.717) is 29.0 Å². The number of rotatable bonds is 8. The van der Waals surface area contributed by atoms with Gasteiger partial charge in [-0.1, -0.05) is 23.4 Å². The molecule has 0 atom stereocenters. The molecule has 12 nitrogen and oxygen atoms in total. The number of fused-ring (bicyclic) bond motifs is 1. The van der Waals surface area contributed by atoms with Crippen molar-refractivity contribution >= 4 is 29.3 Å². The standard InChI is InChI=1S/C22H20N6O6/c1-12-2-5-14(20-26-18(34-27-20)10-24-22(32)33)8-15(12)25-21(31)16-9-23-17-6-3-13(11-28(16)17)4-7-19(29)30/h2-3,5-6,8-9,11,24H,4,7,10H2,1H3,(H,25,31)(H,29,30)(H,32,33). The molecule has 0 aliphatic heterocycles. The number of hydrogen-bond acceptors (Lipinski definition) is 7. The molecule has 0 bridgehead atoms. The first-order valence-electron chi connectivity index (χ1n) is 10.2. The summed E-state index contributed by atoms with van der Waals surface area (Å²) in [6.07, 6.45) is 2.26. The van der Waals surface area contributed by atoms with Gasteiger partial charge in [0.05, 0.1) is 6.20 Å². The zero-order valence-electron chi connectivity index (χ0n) is 18.0. The van der Waals surface area contributed by atoms with Crippen LogP contribution >= 0.6 is 0 Å². The van der Waals surface area contributed by atoms with Crippen molar-refractivity contribution in [3.05, 3.63) is 65.4 Å². The maximum absolute atomic E-state index is 13.0. The van der Waals surface area contributed by atoms with Crippen molar-refractivity contribution < 1.29 is 29.1 Å². The number of carboxylic acids is 1. The van der Waals surface area contributed by atoms with Gasteiger partial charge in [-0.25, -0.2) is 9.78 Å². The predicted molar refractivity (Wildman–Crippen MR) is 118 cm³/mol. The highest BCUT2D eigenvalue weighted by Gasteiger charge is 2.16. The van der Waals surface area contributed by atoms with Crippen LogP contribution in [0.25, 0.3) is 17.0 Å². The largest absolute Gasteiger partial charge is 0.481 e. The molecule has 0 radical (unpaired) electrons. The minimum Gasteiger partial charge on any atom is -0.481 e. The van der Waals surface area contributed by atoms with Crippen molar-refractivity contribution in [2.75, 3.05) is 5.32 Å². The highest BCUT2D eigenvalue weighted by Crippen LogP contribution is 2.24. The van der Waals surface area contributed by atoms with Crippen LogP contribution in [0, 0.1) is 6.92 Å². The van der Waals surface area contributed by atoms with E-state index in [1.807, 2.05) is 6.92 Å². The number of nitrogens with zero attached hydrogens (tertiary/aromatic N) is 4. The summed E-state index contributed by atoms with van der Waals surface area (Å²) >= 11 is 0. The smallest absolute Gasteiger partial charge is 0.405 e. The Kier molecular flexibility index (Phi) is 6.21. The molecule has 4 rings (SSSR count). The van der Waals surface area contributed by atoms with Crippen LogP contribution in [0.4, 0.5) is 10.5 Å². The minimum absolute atomic E-state index is 0.0160. The normalized spacial score (nSPS) is 10.9. The van der Waals surface area contributed by atoms with E-state index in [9.17, 15) is 14.4 Å². The lowest BCUT2D eigenvalue weighted by molar-refractivity contribution is -0.136. The van der Waals surface area contributed by atoms with Gasteiger partial charge in [0.15, 0.2) is 0 Å². The molecule has 0 fully saturated rings. The lowest BCUT2D eigenvalue weighted by Crippen LogP contribution is -2.20. The van der Waals surface area contributed by atoms with E-state index < -0.39 is 18.0 Å². The first-order valence-corrected chi connectivity index (χ1v) is 10.2. The highest BCUT2D eigenvalue weighted by atomic mass is 16.5. The quantitative estimate of drug-likeness (QED) is 0.306. The molecule has 0 aliphatic rings. The van der Waals surface area contributed by atoms with Gasteiger partial charge in [0.1, 0.15) is 17.9 Å². The van der Waals surface area contributed by atoms with Crippen molar-refractivity contribution in [2.45, 2.75) is 26.3 Å². The Bertz CT molecular complexity index is 1390. The number of imidazole rings is 1. The number of pyridine rings is 1. The highest BCUT2D eigenvalue weighted by molar-refractivity contribution is 6.04. The molecule has 3 heterocycles. The zero-order chi connectivity index (χ0) is 24.2. The number of carbonyl (C=O) groups is 3. The Labute approximate surface area is 192 Å². The van der Waals surface area contributed by atoms with Crippen molar-refractivity contribution in [2.24, 2.45) is 0 Å². The second-order valence-electron chi connectivity index (χ2n) is 7.46. The maximum atomic E-state index is 13.0. The molecule has 0 unspecified atom stereocenters. The van der Waals surface area contributed by atoms with Crippen molar-refractivity contribution in [3.63, 3.8) is 0 Å². The number of carboxylic acid groups (broad SMARTS) is 2. The van der Waals surface area contributed by atoms with E-state index in [1.165, 1.54) is 6.20 Å². The van der Waals surface area contributed by atoms with Crippen LogP contribution in [0.3, 0.4) is 0 Å². The Balaban J connectivity index is 1.55. The second-order valence-corrected chi connectivity index (χ2v) is 7.46. The van der Waals surface area contributed by atoms with Crippen LogP contribution in [0.15, 0.2) is 47.2 Å². The number of anilines is 1. The van der Waals surface area contributed by atoms with Gasteiger partial charge in [0, 0.05) is 23.9 Å². The fourth-order valence-electron chi connectivity index (χ4n) is 3.27. The number of nitrogens with one attached hydrogen (secondary N) is 2. The average Bonchev–Trinajstić information content (AvgIpc) is 3.44. The molecule has 0 aliphatic carbocycles. The minimum atomic E-state index is -1.21. The third-order valence-corrected chi connectivity index (χ3v) is 5.03. The molecular weight excluding hydrogens is 444 g/mol. The van der Waals surface area contributed by atoms with E-state index in [2.05, 4.69) is 25.8 Å². The summed E-state index contributed by atoms with van der Waals surface area (Å²) in [6, 6.07) is 8.74. The molecule has 0 saturated carbocycles. The van der Waals surface area contributed by atoms with Gasteiger partial charge in [0.2, 0.25) is 11.7 Å². The fourth-order valence-corrected chi connectivity index (χ4v) is 3.27. The molecule has 12 heteroatoms. The van der Waals surface area contributed by atoms with E-state index in [1.54, 1.807) is 40.9 Å². The van der Waals surface area contributed by atoms with E-state index in [-0.39, 0.29) is 24.7 Å². The molecule has 1 aromatic carbocycles. The number of hydrogen-bond donors (Lipinski definition) is 4. The van der Waals surface area contributed by atoms with Crippen LogP contribution in [0.2, 0.25) is 0 Å². The zero-order valence-corrected chi connectivity index (χ0v) is 18.0. The predicted octanol–water partition coefficient (Wildman–Crippen LogP) is 2.73. The summed E-state index contributed by atoms with van der Waals surface area (Å²) in [7, 11) is 0. The molecule has 2 amide bonds. The molecule has 4 N–H and O–H groups in total. The molecular formula is C22H20N6O6. The molecule has 4 aromatic rings. The van der Waals surface area contributed by atoms with Gasteiger partial charge in [-0.15, -0.1) is 0 Å². The summed E-state index contributed by atoms with van der Waals surface area (Å²) in [5, 5.41) is 26.5. The number of aromatic nitrogens is 4. The summed E-state index contributed by atoms with van der Waals surface area (Å²) < 4.78 is 6.67. The first-order chi connectivity index (χ1) is 16.3. The van der Waals surface area contributed by atoms with Crippen molar-refractivity contribution in [3.8, 4) is 11.4 Å². The van der Waals surface area contributed by atoms with Crippen molar-refractivity contribution in [1.82, 2.24) is 24.8 Å². The van der Waals surface area contributed by atoms with Crippen LogP contribution in [0.1, 0.15) is 33.9 Å². The molecule has 0 spiro atoms. The Hall–Kier alpha value is -4.74. The Morgan fingerprint density at radius 3 is 2.74 bits per heavy atom. The van der Waals surface area contributed by atoms with E-state index in [0.717, 1.165) is 11.1 Å². The SMILES string of the molecule is Cc1ccc(-c2noc(CNC(=O)O)n2)cc1NC(=O)c1cnc2ccc(CCC(=O)O)cn12. The topological polar surface area (TPSA) is 172 Å². The van der Waals surface area contributed by atoms with Crippen LogP contribution in [-0.2, 0) is 17.8 Å². The number of aryl methyl sites for hydroxylation is 2. The van der Waals surface area contributed by atoms with E-state index >= 15 is 0 Å². The summed E-state index contributed by atoms with van der Waals surface area (Å²) in [6.45, 7) is 1.71. The number of carbonyl (C=O) groups excluding carboxylic acids is 1. The first kappa shape index (κ1) is 22.5. The number of benzene rings is 1. The van der Waals surface area contributed by atoms with Gasteiger partial charge in [-0.3, -0.25) is 14.0 Å². The summed E-state index contributed by atoms with van der Waals surface area (Å²) in [5.41, 5.74) is 3.51. The lowest BCUT2D eigenvalue weighted by atomic mass is 10.1. The van der Waals surface area contributed by atoms with Gasteiger partial charge in [-0.2, -0.15) is 4.98 Å². The average molecular weight is 464 g/mol. The molecule has 174 valence electrons. The Morgan fingerprint density at radius 1 is 1.15 bits per heavy atom.